The number of alkyl halides is 3. The maximum atomic E-state index is 12.3. The van der Waals surface area contributed by atoms with E-state index in [9.17, 15) is 13.2 Å². The Kier molecular flexibility index (Phi) is 2.22. The number of rotatable bonds is 0. The minimum atomic E-state index is -4.43. The summed E-state index contributed by atoms with van der Waals surface area (Å²) in [6, 6.07) is 6.87. The van der Waals surface area contributed by atoms with E-state index in [0.29, 0.717) is 11.3 Å². The van der Waals surface area contributed by atoms with E-state index in [-0.39, 0.29) is 0 Å². The molecule has 2 rings (SSSR count). The summed E-state index contributed by atoms with van der Waals surface area (Å²) in [6.45, 7) is 0. The van der Waals surface area contributed by atoms with Crippen LogP contribution >= 0.6 is 0 Å². The molecule has 0 amide bonds. The van der Waals surface area contributed by atoms with Gasteiger partial charge in [-0.1, -0.05) is 24.3 Å². The molecule has 0 saturated carbocycles. The molecule has 1 aliphatic heterocycles. The highest BCUT2D eigenvalue weighted by Gasteiger charge is 2.34. The molecule has 2 nitrogen and oxygen atoms in total. The van der Waals surface area contributed by atoms with Gasteiger partial charge >= 0.3 is 6.18 Å². The SMILES string of the molecule is FC(F)(F)C1=NNc2ccccc2C=C1. The first-order chi connectivity index (χ1) is 7.07. The van der Waals surface area contributed by atoms with Crippen molar-refractivity contribution >= 4 is 17.5 Å². The fourth-order valence-electron chi connectivity index (χ4n) is 1.23. The van der Waals surface area contributed by atoms with Crippen molar-refractivity contribution in [2.24, 2.45) is 5.10 Å². The highest BCUT2D eigenvalue weighted by Crippen LogP contribution is 2.24. The van der Waals surface area contributed by atoms with Gasteiger partial charge in [-0.15, -0.1) is 0 Å². The van der Waals surface area contributed by atoms with E-state index in [1.54, 1.807) is 24.3 Å². The van der Waals surface area contributed by atoms with Crippen molar-refractivity contribution in [3.8, 4) is 0 Å². The predicted octanol–water partition coefficient (Wildman–Crippen LogP) is 3.04. The lowest BCUT2D eigenvalue weighted by molar-refractivity contribution is -0.0577. The van der Waals surface area contributed by atoms with Crippen molar-refractivity contribution in [2.75, 3.05) is 5.43 Å². The number of anilines is 1. The molecule has 0 atom stereocenters. The second kappa shape index (κ2) is 3.42. The molecule has 0 aromatic heterocycles. The quantitative estimate of drug-likeness (QED) is 0.702. The largest absolute Gasteiger partial charge is 0.435 e. The average Bonchev–Trinajstić information content (AvgIpc) is 2.38. The Balaban J connectivity index is 2.38. The second-order valence-electron chi connectivity index (χ2n) is 3.03. The Morgan fingerprint density at radius 2 is 1.80 bits per heavy atom. The van der Waals surface area contributed by atoms with E-state index in [2.05, 4.69) is 10.5 Å². The molecule has 1 aromatic carbocycles. The number of hydrogen-bond acceptors (Lipinski definition) is 2. The minimum Gasteiger partial charge on any atom is -0.277 e. The number of para-hydroxylation sites is 1. The molecule has 78 valence electrons. The van der Waals surface area contributed by atoms with Crippen LogP contribution in [0.2, 0.25) is 0 Å². The number of hydrazone groups is 1. The first-order valence-corrected chi connectivity index (χ1v) is 4.25. The van der Waals surface area contributed by atoms with Gasteiger partial charge in [-0.2, -0.15) is 18.3 Å². The van der Waals surface area contributed by atoms with Crippen LogP contribution in [0.3, 0.4) is 0 Å². The molecule has 5 heteroatoms. The van der Waals surface area contributed by atoms with E-state index in [4.69, 9.17) is 0 Å². The molecule has 0 saturated heterocycles. The molecule has 1 aliphatic rings. The number of nitrogens with one attached hydrogen (secondary N) is 1. The van der Waals surface area contributed by atoms with Gasteiger partial charge in [0, 0.05) is 0 Å². The lowest BCUT2D eigenvalue weighted by atomic mass is 10.1. The molecule has 15 heavy (non-hydrogen) atoms. The van der Waals surface area contributed by atoms with Gasteiger partial charge in [0.2, 0.25) is 0 Å². The molecule has 1 aromatic rings. The third kappa shape index (κ3) is 2.01. The van der Waals surface area contributed by atoms with E-state index < -0.39 is 11.9 Å². The van der Waals surface area contributed by atoms with Gasteiger partial charge in [0.1, 0.15) is 0 Å². The Labute approximate surface area is 84.1 Å². The van der Waals surface area contributed by atoms with Gasteiger partial charge in [0.15, 0.2) is 5.71 Å². The van der Waals surface area contributed by atoms with Gasteiger partial charge in [-0.05, 0) is 17.7 Å². The predicted molar refractivity (Wildman–Crippen MR) is 52.6 cm³/mol. The van der Waals surface area contributed by atoms with Gasteiger partial charge in [-0.3, -0.25) is 5.43 Å². The van der Waals surface area contributed by atoms with Crippen LogP contribution in [0.5, 0.6) is 0 Å². The molecule has 0 aliphatic carbocycles. The summed E-state index contributed by atoms with van der Waals surface area (Å²) in [7, 11) is 0. The van der Waals surface area contributed by atoms with E-state index in [1.807, 2.05) is 0 Å². The van der Waals surface area contributed by atoms with Crippen molar-refractivity contribution in [1.82, 2.24) is 0 Å². The zero-order valence-corrected chi connectivity index (χ0v) is 7.55. The lowest BCUT2D eigenvalue weighted by Gasteiger charge is -2.05. The normalized spacial score (nSPS) is 15.0. The summed E-state index contributed by atoms with van der Waals surface area (Å²) >= 11 is 0. The zero-order chi connectivity index (χ0) is 10.9. The number of nitrogens with zero attached hydrogens (tertiary/aromatic N) is 1. The monoisotopic (exact) mass is 212 g/mol. The first kappa shape index (κ1) is 9.76. The summed E-state index contributed by atoms with van der Waals surface area (Å²) in [5.74, 6) is 0. The van der Waals surface area contributed by atoms with E-state index in [1.165, 1.54) is 6.08 Å². The standard InChI is InChI=1S/C10H7F3N2/c11-10(12,13)9-6-5-7-3-1-2-4-8(7)14-15-9/h1-6,14H. The number of fused-ring (bicyclic) bond motifs is 1. The molecular formula is C10H7F3N2. The summed E-state index contributed by atoms with van der Waals surface area (Å²) < 4.78 is 37.0. The molecule has 0 unspecified atom stereocenters. The van der Waals surface area contributed by atoms with Crippen molar-refractivity contribution in [1.29, 1.82) is 0 Å². The average molecular weight is 212 g/mol. The zero-order valence-electron chi connectivity index (χ0n) is 7.55. The van der Waals surface area contributed by atoms with Crippen molar-refractivity contribution in [2.45, 2.75) is 6.18 Å². The Bertz CT molecular complexity index is 433. The van der Waals surface area contributed by atoms with Crippen LogP contribution in [0, 0.1) is 0 Å². The van der Waals surface area contributed by atoms with Crippen molar-refractivity contribution in [3.63, 3.8) is 0 Å². The van der Waals surface area contributed by atoms with Gasteiger partial charge < -0.3 is 0 Å². The molecular weight excluding hydrogens is 205 g/mol. The van der Waals surface area contributed by atoms with Crippen LogP contribution in [0.15, 0.2) is 35.4 Å². The number of hydrogen-bond donors (Lipinski definition) is 1. The summed E-state index contributed by atoms with van der Waals surface area (Å²) in [4.78, 5) is 0. The van der Waals surface area contributed by atoms with Crippen LogP contribution < -0.4 is 5.43 Å². The van der Waals surface area contributed by atoms with Crippen LogP contribution in [-0.2, 0) is 0 Å². The topological polar surface area (TPSA) is 24.4 Å². The first-order valence-electron chi connectivity index (χ1n) is 4.25. The number of benzene rings is 1. The maximum Gasteiger partial charge on any atom is 0.435 e. The Hall–Kier alpha value is -1.78. The smallest absolute Gasteiger partial charge is 0.277 e. The van der Waals surface area contributed by atoms with Gasteiger partial charge in [0.25, 0.3) is 0 Å². The summed E-state index contributed by atoms with van der Waals surface area (Å²) in [6.07, 6.45) is -2.08. The molecule has 0 fully saturated rings. The highest BCUT2D eigenvalue weighted by atomic mass is 19.4. The number of halogens is 3. The van der Waals surface area contributed by atoms with E-state index in [0.717, 1.165) is 6.08 Å². The Morgan fingerprint density at radius 1 is 1.07 bits per heavy atom. The summed E-state index contributed by atoms with van der Waals surface area (Å²) in [5, 5.41) is 3.29. The van der Waals surface area contributed by atoms with Crippen molar-refractivity contribution < 1.29 is 13.2 Å². The molecule has 0 spiro atoms. The summed E-state index contributed by atoms with van der Waals surface area (Å²) in [5.41, 5.74) is 2.70. The second-order valence-corrected chi connectivity index (χ2v) is 3.03. The van der Waals surface area contributed by atoms with Gasteiger partial charge in [-0.25, -0.2) is 0 Å². The van der Waals surface area contributed by atoms with Crippen LogP contribution in [0.1, 0.15) is 5.56 Å². The van der Waals surface area contributed by atoms with Crippen LogP contribution in [-0.4, -0.2) is 11.9 Å². The maximum absolute atomic E-state index is 12.3. The fourth-order valence-corrected chi connectivity index (χ4v) is 1.23. The number of allylic oxidation sites excluding steroid dienone is 1. The Morgan fingerprint density at radius 3 is 2.53 bits per heavy atom. The van der Waals surface area contributed by atoms with Crippen LogP contribution in [0.4, 0.5) is 18.9 Å². The molecule has 1 heterocycles. The highest BCUT2D eigenvalue weighted by molar-refractivity contribution is 6.04. The molecule has 0 bridgehead atoms. The third-order valence-corrected chi connectivity index (χ3v) is 1.97. The third-order valence-electron chi connectivity index (χ3n) is 1.97. The van der Waals surface area contributed by atoms with Crippen molar-refractivity contribution in [3.05, 3.63) is 35.9 Å². The lowest BCUT2D eigenvalue weighted by Crippen LogP contribution is -2.21. The fraction of sp³-hybridized carbons (Fsp3) is 0.100. The molecule has 1 N–H and O–H groups in total. The minimum absolute atomic E-state index is 0.563. The van der Waals surface area contributed by atoms with Gasteiger partial charge in [0.05, 0.1) is 5.69 Å². The van der Waals surface area contributed by atoms with Crippen LogP contribution in [0.25, 0.3) is 6.08 Å². The van der Waals surface area contributed by atoms with E-state index >= 15 is 0 Å². The molecule has 0 radical (unpaired) electrons.